The van der Waals surface area contributed by atoms with Crippen molar-refractivity contribution < 1.29 is 19.4 Å². The first-order valence-electron chi connectivity index (χ1n) is 10.4. The fraction of sp³-hybridized carbons (Fsp3) is 0.111. The van der Waals surface area contributed by atoms with Crippen molar-refractivity contribution in [2.45, 2.75) is 12.0 Å². The lowest BCUT2D eigenvalue weighted by Crippen LogP contribution is -2.34. The molecule has 2 N–H and O–H groups in total. The zero-order valence-corrected chi connectivity index (χ0v) is 17.2. The topological polar surface area (TPSA) is 75.6 Å². The van der Waals surface area contributed by atoms with Gasteiger partial charge in [-0.15, -0.1) is 0 Å². The van der Waals surface area contributed by atoms with Crippen molar-refractivity contribution in [2.75, 3.05) is 6.61 Å². The maximum absolute atomic E-state index is 12.6. The fourth-order valence-electron chi connectivity index (χ4n) is 4.43. The molecule has 0 heterocycles. The molecule has 4 aromatic rings. The number of alkyl carbamates (subject to hydrolysis) is 1. The standard InChI is InChI=1S/C27H21NO4/c29-26(30)25(19-14-13-17-7-1-2-8-18(17)15-19)28-27(31)32-16-24-22-11-5-3-9-20(22)21-10-4-6-12-23(21)24/h1-15,24-25H,16H2,(H,28,31)(H,29,30). The highest BCUT2D eigenvalue weighted by Gasteiger charge is 2.30. The Kier molecular flexibility index (Phi) is 5.07. The fourth-order valence-corrected chi connectivity index (χ4v) is 4.43. The second kappa shape index (κ2) is 8.19. The van der Waals surface area contributed by atoms with Crippen LogP contribution in [-0.4, -0.2) is 23.8 Å². The molecule has 5 heteroatoms. The second-order valence-electron chi connectivity index (χ2n) is 7.85. The van der Waals surface area contributed by atoms with E-state index in [1.165, 1.54) is 0 Å². The van der Waals surface area contributed by atoms with Gasteiger partial charge in [0.05, 0.1) is 0 Å². The van der Waals surface area contributed by atoms with E-state index >= 15 is 0 Å². The van der Waals surface area contributed by atoms with Gasteiger partial charge < -0.3 is 15.2 Å². The molecule has 0 fully saturated rings. The van der Waals surface area contributed by atoms with E-state index in [9.17, 15) is 14.7 Å². The average molecular weight is 423 g/mol. The van der Waals surface area contributed by atoms with Gasteiger partial charge in [-0.25, -0.2) is 9.59 Å². The first kappa shape index (κ1) is 19.8. The third-order valence-electron chi connectivity index (χ3n) is 5.96. The molecule has 0 spiro atoms. The van der Waals surface area contributed by atoms with Crippen molar-refractivity contribution >= 4 is 22.8 Å². The molecule has 0 saturated heterocycles. The summed E-state index contributed by atoms with van der Waals surface area (Å²) in [7, 11) is 0. The number of nitrogens with one attached hydrogen (secondary N) is 1. The van der Waals surface area contributed by atoms with Crippen molar-refractivity contribution in [3.8, 4) is 11.1 Å². The van der Waals surface area contributed by atoms with E-state index in [2.05, 4.69) is 17.4 Å². The minimum Gasteiger partial charge on any atom is -0.479 e. The van der Waals surface area contributed by atoms with Crippen LogP contribution in [0.5, 0.6) is 0 Å². The lowest BCUT2D eigenvalue weighted by Gasteiger charge is -2.18. The van der Waals surface area contributed by atoms with Gasteiger partial charge in [0.2, 0.25) is 0 Å². The number of carboxylic acids is 1. The zero-order valence-electron chi connectivity index (χ0n) is 17.2. The maximum Gasteiger partial charge on any atom is 0.408 e. The smallest absolute Gasteiger partial charge is 0.408 e. The number of fused-ring (bicyclic) bond motifs is 4. The summed E-state index contributed by atoms with van der Waals surface area (Å²) < 4.78 is 5.52. The number of ether oxygens (including phenoxy) is 1. The largest absolute Gasteiger partial charge is 0.479 e. The van der Waals surface area contributed by atoms with Crippen LogP contribution in [0.4, 0.5) is 4.79 Å². The molecule has 0 bridgehead atoms. The maximum atomic E-state index is 12.6. The first-order valence-corrected chi connectivity index (χ1v) is 10.4. The lowest BCUT2D eigenvalue weighted by molar-refractivity contribution is -0.139. The summed E-state index contributed by atoms with van der Waals surface area (Å²) >= 11 is 0. The van der Waals surface area contributed by atoms with E-state index < -0.39 is 18.1 Å². The first-order chi connectivity index (χ1) is 15.6. The molecule has 0 radical (unpaired) electrons. The Labute approximate surface area is 185 Å². The summed E-state index contributed by atoms with van der Waals surface area (Å²) in [6.45, 7) is 0.129. The van der Waals surface area contributed by atoms with Gasteiger partial charge >= 0.3 is 12.1 Å². The Morgan fingerprint density at radius 3 is 2.06 bits per heavy atom. The number of hydrogen-bond donors (Lipinski definition) is 2. The Morgan fingerprint density at radius 1 is 0.812 bits per heavy atom. The Bertz CT molecular complexity index is 1280. The summed E-state index contributed by atoms with van der Waals surface area (Å²) in [6.07, 6.45) is -0.757. The summed E-state index contributed by atoms with van der Waals surface area (Å²) in [5.41, 5.74) is 4.97. The number of carbonyl (C=O) groups is 2. The van der Waals surface area contributed by atoms with Gasteiger partial charge in [0.25, 0.3) is 0 Å². The molecule has 5 rings (SSSR count). The zero-order chi connectivity index (χ0) is 22.1. The molecule has 1 amide bonds. The molecule has 1 aliphatic rings. The number of carboxylic acid groups (broad SMARTS) is 1. The Morgan fingerprint density at radius 2 is 1.41 bits per heavy atom. The van der Waals surface area contributed by atoms with Crippen LogP contribution in [0.1, 0.15) is 28.7 Å². The summed E-state index contributed by atoms with van der Waals surface area (Å²) in [5.74, 6) is -1.23. The molecule has 1 atom stereocenters. The monoisotopic (exact) mass is 423 g/mol. The molecule has 0 aliphatic heterocycles. The number of aliphatic carboxylic acids is 1. The van der Waals surface area contributed by atoms with Gasteiger partial charge in [-0.2, -0.15) is 0 Å². The summed E-state index contributed by atoms with van der Waals surface area (Å²) in [5, 5.41) is 14.1. The number of benzene rings is 4. The molecule has 1 aliphatic carbocycles. The van der Waals surface area contributed by atoms with Crippen LogP contribution in [0, 0.1) is 0 Å². The SMILES string of the molecule is O=C(NC(C(=O)O)c1ccc2ccccc2c1)OCC1c2ccccc2-c2ccccc21. The Balaban J connectivity index is 1.33. The molecule has 5 nitrogen and oxygen atoms in total. The third-order valence-corrected chi connectivity index (χ3v) is 5.96. The van der Waals surface area contributed by atoms with Gasteiger partial charge in [-0.05, 0) is 44.7 Å². The highest BCUT2D eigenvalue weighted by molar-refractivity contribution is 5.87. The Hall–Kier alpha value is -4.12. The van der Waals surface area contributed by atoms with E-state index in [0.717, 1.165) is 33.0 Å². The van der Waals surface area contributed by atoms with Crippen LogP contribution >= 0.6 is 0 Å². The van der Waals surface area contributed by atoms with Gasteiger partial charge in [-0.3, -0.25) is 0 Å². The van der Waals surface area contributed by atoms with Crippen LogP contribution in [0.15, 0.2) is 91.0 Å². The van der Waals surface area contributed by atoms with Gasteiger partial charge in [0, 0.05) is 5.92 Å². The molecule has 32 heavy (non-hydrogen) atoms. The molecular formula is C27H21NO4. The van der Waals surface area contributed by atoms with Gasteiger partial charge in [-0.1, -0.05) is 84.9 Å². The predicted octanol–water partition coefficient (Wildman–Crippen LogP) is 5.50. The van der Waals surface area contributed by atoms with Crippen molar-refractivity contribution in [3.63, 3.8) is 0 Å². The number of carbonyl (C=O) groups excluding carboxylic acids is 1. The van der Waals surface area contributed by atoms with Crippen LogP contribution < -0.4 is 5.32 Å². The van der Waals surface area contributed by atoms with Crippen molar-refractivity contribution in [1.29, 1.82) is 0 Å². The quantitative estimate of drug-likeness (QED) is 0.444. The van der Waals surface area contributed by atoms with Gasteiger partial charge in [0.1, 0.15) is 6.61 Å². The third kappa shape index (κ3) is 3.58. The molecule has 0 aromatic heterocycles. The van der Waals surface area contributed by atoms with E-state index in [4.69, 9.17) is 4.74 Å². The predicted molar refractivity (Wildman–Crippen MR) is 123 cm³/mol. The highest BCUT2D eigenvalue weighted by atomic mass is 16.5. The minimum atomic E-state index is -1.20. The van der Waals surface area contributed by atoms with Crippen LogP contribution in [0.3, 0.4) is 0 Å². The number of amides is 1. The average Bonchev–Trinajstić information content (AvgIpc) is 3.14. The molecule has 0 saturated carbocycles. The molecule has 1 unspecified atom stereocenters. The van der Waals surface area contributed by atoms with Crippen molar-refractivity contribution in [2.24, 2.45) is 0 Å². The second-order valence-corrected chi connectivity index (χ2v) is 7.85. The van der Waals surface area contributed by atoms with Crippen LogP contribution in [0.25, 0.3) is 21.9 Å². The lowest BCUT2D eigenvalue weighted by atomic mass is 9.98. The molecule has 158 valence electrons. The summed E-state index contributed by atoms with van der Waals surface area (Å²) in [4.78, 5) is 24.5. The van der Waals surface area contributed by atoms with E-state index in [-0.39, 0.29) is 12.5 Å². The van der Waals surface area contributed by atoms with Gasteiger partial charge in [0.15, 0.2) is 6.04 Å². The minimum absolute atomic E-state index is 0.0860. The highest BCUT2D eigenvalue weighted by Crippen LogP contribution is 2.44. The van der Waals surface area contributed by atoms with E-state index in [0.29, 0.717) is 5.56 Å². The number of rotatable bonds is 5. The molecule has 4 aromatic carbocycles. The van der Waals surface area contributed by atoms with Crippen molar-refractivity contribution in [1.82, 2.24) is 5.32 Å². The van der Waals surface area contributed by atoms with Crippen LogP contribution in [0.2, 0.25) is 0 Å². The number of hydrogen-bond acceptors (Lipinski definition) is 3. The van der Waals surface area contributed by atoms with Crippen molar-refractivity contribution in [3.05, 3.63) is 108 Å². The van der Waals surface area contributed by atoms with E-state index in [1.807, 2.05) is 66.7 Å². The van der Waals surface area contributed by atoms with Crippen LogP contribution in [-0.2, 0) is 9.53 Å². The summed E-state index contributed by atoms with van der Waals surface area (Å²) in [6, 6.07) is 27.9. The molecular weight excluding hydrogens is 402 g/mol. The van der Waals surface area contributed by atoms with E-state index in [1.54, 1.807) is 12.1 Å². The normalized spacial score (nSPS) is 13.2.